The summed E-state index contributed by atoms with van der Waals surface area (Å²) in [6, 6.07) is 12.0. The monoisotopic (exact) mass is 338 g/mol. The molecule has 0 aliphatic rings. The van der Waals surface area contributed by atoms with E-state index < -0.39 is 0 Å². The molecular formula is C18H18N4OS. The average molecular weight is 338 g/mol. The summed E-state index contributed by atoms with van der Waals surface area (Å²) in [7, 11) is 0. The molecule has 1 aromatic carbocycles. The van der Waals surface area contributed by atoms with Crippen molar-refractivity contribution in [3.05, 3.63) is 64.9 Å². The van der Waals surface area contributed by atoms with Crippen LogP contribution < -0.4 is 5.43 Å². The molecule has 0 aliphatic carbocycles. The zero-order valence-corrected chi connectivity index (χ0v) is 14.4. The number of aromatic amines is 1. The summed E-state index contributed by atoms with van der Waals surface area (Å²) in [6.07, 6.45) is 2.82. The van der Waals surface area contributed by atoms with Gasteiger partial charge in [-0.25, -0.2) is 10.4 Å². The summed E-state index contributed by atoms with van der Waals surface area (Å²) in [5, 5.41) is 6.67. The normalized spacial score (nSPS) is 11.5. The Morgan fingerprint density at radius 3 is 2.75 bits per heavy atom. The number of rotatable bonds is 5. The maximum Gasteiger partial charge on any atom is 0.290 e. The quantitative estimate of drug-likeness (QED) is 0.548. The van der Waals surface area contributed by atoms with Crippen molar-refractivity contribution in [1.82, 2.24) is 15.4 Å². The number of nitrogens with zero attached hydrogens (tertiary/aromatic N) is 2. The van der Waals surface area contributed by atoms with Crippen molar-refractivity contribution >= 4 is 23.0 Å². The van der Waals surface area contributed by atoms with Crippen LogP contribution in [0.2, 0.25) is 0 Å². The number of hydrazone groups is 1. The third-order valence-corrected chi connectivity index (χ3v) is 4.55. The highest BCUT2D eigenvalue weighted by molar-refractivity contribution is 7.13. The minimum atomic E-state index is -0.311. The minimum Gasteiger partial charge on any atom is -0.360 e. The van der Waals surface area contributed by atoms with Crippen LogP contribution in [0.15, 0.2) is 53.1 Å². The molecule has 2 heterocycles. The molecule has 24 heavy (non-hydrogen) atoms. The largest absolute Gasteiger partial charge is 0.360 e. The van der Waals surface area contributed by atoms with Gasteiger partial charge >= 0.3 is 0 Å². The molecule has 3 rings (SSSR count). The van der Waals surface area contributed by atoms with Gasteiger partial charge in [0.25, 0.3) is 5.91 Å². The molecule has 0 radical (unpaired) electrons. The van der Waals surface area contributed by atoms with E-state index in [1.54, 1.807) is 5.38 Å². The van der Waals surface area contributed by atoms with Crippen molar-refractivity contribution in [3.63, 3.8) is 0 Å². The SMILES string of the molecule is CCc1ccc(-c2nc(C(=O)N/N=C(\C)c3ccc[nH]3)cs2)cc1. The number of aromatic nitrogens is 2. The number of aryl methyl sites for hydroxylation is 1. The van der Waals surface area contributed by atoms with E-state index >= 15 is 0 Å². The van der Waals surface area contributed by atoms with Crippen LogP contribution in [0.3, 0.4) is 0 Å². The van der Waals surface area contributed by atoms with E-state index in [1.807, 2.05) is 37.4 Å². The number of carbonyl (C=O) groups is 1. The van der Waals surface area contributed by atoms with Gasteiger partial charge in [-0.1, -0.05) is 31.2 Å². The summed E-state index contributed by atoms with van der Waals surface area (Å²) in [5.74, 6) is -0.311. The minimum absolute atomic E-state index is 0.311. The lowest BCUT2D eigenvalue weighted by molar-refractivity contribution is 0.0950. The number of benzene rings is 1. The van der Waals surface area contributed by atoms with E-state index in [0.717, 1.165) is 22.7 Å². The Labute approximate surface area is 144 Å². The first kappa shape index (κ1) is 16.1. The van der Waals surface area contributed by atoms with Gasteiger partial charge in [-0.05, 0) is 31.0 Å². The molecule has 0 saturated heterocycles. The van der Waals surface area contributed by atoms with E-state index in [4.69, 9.17) is 0 Å². The Kier molecular flexibility index (Phi) is 4.86. The van der Waals surface area contributed by atoms with Crippen molar-refractivity contribution in [2.45, 2.75) is 20.3 Å². The Balaban J connectivity index is 1.70. The van der Waals surface area contributed by atoms with Gasteiger partial charge in [0.2, 0.25) is 0 Å². The molecule has 2 aromatic heterocycles. The molecule has 0 atom stereocenters. The van der Waals surface area contributed by atoms with Crippen molar-refractivity contribution in [2.24, 2.45) is 5.10 Å². The Morgan fingerprint density at radius 2 is 2.08 bits per heavy atom. The second-order valence-electron chi connectivity index (χ2n) is 5.31. The molecule has 0 aliphatic heterocycles. The van der Waals surface area contributed by atoms with Crippen LogP contribution in [-0.4, -0.2) is 21.6 Å². The highest BCUT2D eigenvalue weighted by Crippen LogP contribution is 2.24. The number of carbonyl (C=O) groups excluding carboxylic acids is 1. The van der Waals surface area contributed by atoms with Crippen LogP contribution in [0.1, 0.15) is 35.6 Å². The van der Waals surface area contributed by atoms with Crippen LogP contribution in [-0.2, 0) is 6.42 Å². The van der Waals surface area contributed by atoms with Gasteiger partial charge < -0.3 is 4.98 Å². The highest BCUT2D eigenvalue weighted by atomic mass is 32.1. The van der Waals surface area contributed by atoms with Crippen molar-refractivity contribution in [2.75, 3.05) is 0 Å². The Morgan fingerprint density at radius 1 is 1.29 bits per heavy atom. The van der Waals surface area contributed by atoms with Crippen LogP contribution >= 0.6 is 11.3 Å². The molecule has 5 nitrogen and oxygen atoms in total. The van der Waals surface area contributed by atoms with Crippen LogP contribution in [0.4, 0.5) is 0 Å². The summed E-state index contributed by atoms with van der Waals surface area (Å²) in [4.78, 5) is 19.6. The number of hydrogen-bond acceptors (Lipinski definition) is 4. The highest BCUT2D eigenvalue weighted by Gasteiger charge is 2.11. The maximum atomic E-state index is 12.2. The fourth-order valence-corrected chi connectivity index (χ4v) is 3.01. The van der Waals surface area contributed by atoms with E-state index in [1.165, 1.54) is 16.9 Å². The number of H-pyrrole nitrogens is 1. The number of hydrogen-bond donors (Lipinski definition) is 2. The fraction of sp³-hybridized carbons (Fsp3) is 0.167. The summed E-state index contributed by atoms with van der Waals surface area (Å²) < 4.78 is 0. The third kappa shape index (κ3) is 3.60. The molecule has 6 heteroatoms. The second-order valence-corrected chi connectivity index (χ2v) is 6.17. The molecule has 1 amide bonds. The average Bonchev–Trinajstić information content (AvgIpc) is 3.31. The lowest BCUT2D eigenvalue weighted by Gasteiger charge is -2.00. The Bertz CT molecular complexity index is 848. The summed E-state index contributed by atoms with van der Waals surface area (Å²) >= 11 is 1.45. The van der Waals surface area contributed by atoms with E-state index in [2.05, 4.69) is 39.6 Å². The number of thiazole rings is 1. The smallest absolute Gasteiger partial charge is 0.290 e. The third-order valence-electron chi connectivity index (χ3n) is 3.66. The number of nitrogens with one attached hydrogen (secondary N) is 2. The second kappa shape index (κ2) is 7.23. The predicted octanol–water partition coefficient (Wildman–Crippen LogP) is 3.85. The first-order valence-corrected chi connectivity index (χ1v) is 8.58. The first-order valence-electron chi connectivity index (χ1n) is 7.70. The zero-order valence-electron chi connectivity index (χ0n) is 13.5. The topological polar surface area (TPSA) is 70.1 Å². The van der Waals surface area contributed by atoms with Crippen molar-refractivity contribution < 1.29 is 4.79 Å². The number of amides is 1. The van der Waals surface area contributed by atoms with Gasteiger partial charge in [-0.3, -0.25) is 4.79 Å². The van der Waals surface area contributed by atoms with Crippen molar-refractivity contribution in [3.8, 4) is 10.6 Å². The molecule has 0 unspecified atom stereocenters. The molecule has 0 spiro atoms. The predicted molar refractivity (Wildman–Crippen MR) is 97.4 cm³/mol. The fourth-order valence-electron chi connectivity index (χ4n) is 2.20. The molecule has 0 fully saturated rings. The standard InChI is InChI=1S/C18H18N4OS/c1-3-13-6-8-14(9-7-13)18-20-16(11-24-18)17(23)22-21-12(2)15-5-4-10-19-15/h4-11,19H,3H2,1-2H3,(H,22,23)/b21-12+. The molecule has 3 aromatic rings. The van der Waals surface area contributed by atoms with Crippen LogP contribution in [0.25, 0.3) is 10.6 Å². The maximum absolute atomic E-state index is 12.2. The van der Waals surface area contributed by atoms with E-state index in [-0.39, 0.29) is 5.91 Å². The van der Waals surface area contributed by atoms with Gasteiger partial charge in [0.05, 0.1) is 11.4 Å². The first-order chi connectivity index (χ1) is 11.7. The molecule has 122 valence electrons. The molecule has 0 bridgehead atoms. The van der Waals surface area contributed by atoms with Crippen molar-refractivity contribution in [1.29, 1.82) is 0 Å². The van der Waals surface area contributed by atoms with Gasteiger partial charge in [0.15, 0.2) is 0 Å². The van der Waals surface area contributed by atoms with Gasteiger partial charge in [0.1, 0.15) is 10.7 Å². The lowest BCUT2D eigenvalue weighted by atomic mass is 10.1. The zero-order chi connectivity index (χ0) is 16.9. The van der Waals surface area contributed by atoms with E-state index in [9.17, 15) is 4.79 Å². The van der Waals surface area contributed by atoms with Gasteiger partial charge in [0, 0.05) is 17.1 Å². The molecule has 2 N–H and O–H groups in total. The molecular weight excluding hydrogens is 320 g/mol. The van der Waals surface area contributed by atoms with E-state index in [0.29, 0.717) is 11.4 Å². The summed E-state index contributed by atoms with van der Waals surface area (Å²) in [5.41, 5.74) is 6.79. The van der Waals surface area contributed by atoms with Crippen LogP contribution in [0.5, 0.6) is 0 Å². The van der Waals surface area contributed by atoms with Crippen LogP contribution in [0, 0.1) is 0 Å². The van der Waals surface area contributed by atoms with Gasteiger partial charge in [-0.15, -0.1) is 11.3 Å². The van der Waals surface area contributed by atoms with Gasteiger partial charge in [-0.2, -0.15) is 5.10 Å². The lowest BCUT2D eigenvalue weighted by Crippen LogP contribution is -2.19. The Hall–Kier alpha value is -2.73. The summed E-state index contributed by atoms with van der Waals surface area (Å²) in [6.45, 7) is 3.95. The molecule has 0 saturated carbocycles.